The van der Waals surface area contributed by atoms with E-state index in [0.29, 0.717) is 44.4 Å². The second-order valence-corrected chi connectivity index (χ2v) is 12.8. The van der Waals surface area contributed by atoms with Crippen LogP contribution in [0.3, 0.4) is 0 Å². The van der Waals surface area contributed by atoms with Crippen LogP contribution < -0.4 is 21.6 Å². The number of pyridine rings is 2. The number of halogens is 6. The van der Waals surface area contributed by atoms with E-state index in [0.717, 1.165) is 11.1 Å². The number of fused-ring (bicyclic) bond motifs is 1. The number of aryl methyl sites for hydroxylation is 1. The van der Waals surface area contributed by atoms with Gasteiger partial charge in [0.25, 0.3) is 6.43 Å². The summed E-state index contributed by atoms with van der Waals surface area (Å²) in [5.41, 5.74) is 5.61. The van der Waals surface area contributed by atoms with Crippen molar-refractivity contribution in [3.8, 4) is 6.07 Å². The Labute approximate surface area is 253 Å². The van der Waals surface area contributed by atoms with Gasteiger partial charge in [-0.1, -0.05) is 38.4 Å². The SMILES string of the molecule is Cc1nc(F)ccc1[C@H](Nc1cc(Cl)c2ncc(C#N)c(NCC(C)(C)C)c2c1Br)C1=C(F)N(C2(C(F)F)CC2)NN1. The van der Waals surface area contributed by atoms with Crippen LogP contribution in [0.25, 0.3) is 10.9 Å². The molecule has 2 aromatic heterocycles. The lowest BCUT2D eigenvalue weighted by Crippen LogP contribution is -2.49. The number of hydrogen-bond donors (Lipinski definition) is 4. The number of rotatable bonds is 8. The number of alkyl halides is 2. The molecule has 8 nitrogen and oxygen atoms in total. The molecule has 222 valence electrons. The van der Waals surface area contributed by atoms with Crippen LogP contribution in [0.5, 0.6) is 0 Å². The maximum absolute atomic E-state index is 15.9. The molecule has 1 aliphatic heterocycles. The van der Waals surface area contributed by atoms with Crippen LogP contribution in [0.1, 0.15) is 56.5 Å². The first kappa shape index (κ1) is 30.1. The van der Waals surface area contributed by atoms with Gasteiger partial charge in [0, 0.05) is 29.4 Å². The highest BCUT2D eigenvalue weighted by atomic mass is 79.9. The Morgan fingerprint density at radius 2 is 1.98 bits per heavy atom. The molecule has 1 saturated carbocycles. The number of benzene rings is 1. The number of hydrazine groups is 2. The van der Waals surface area contributed by atoms with E-state index in [9.17, 15) is 18.4 Å². The molecule has 1 atom stereocenters. The Morgan fingerprint density at radius 1 is 1.26 bits per heavy atom. The molecule has 0 bridgehead atoms. The van der Waals surface area contributed by atoms with Gasteiger partial charge in [0.1, 0.15) is 17.3 Å². The number of anilines is 2. The van der Waals surface area contributed by atoms with E-state index in [1.165, 1.54) is 12.3 Å². The summed E-state index contributed by atoms with van der Waals surface area (Å²) in [6, 6.07) is 5.28. The Hall–Kier alpha value is -3.34. The van der Waals surface area contributed by atoms with Crippen molar-refractivity contribution < 1.29 is 17.6 Å². The van der Waals surface area contributed by atoms with E-state index in [-0.39, 0.29) is 34.7 Å². The van der Waals surface area contributed by atoms with E-state index in [1.54, 1.807) is 13.0 Å². The van der Waals surface area contributed by atoms with Crippen LogP contribution in [0.2, 0.25) is 5.02 Å². The molecule has 5 rings (SSSR count). The number of hydrogen-bond acceptors (Lipinski definition) is 8. The van der Waals surface area contributed by atoms with Crippen LogP contribution in [0.15, 0.2) is 40.5 Å². The first-order valence-electron chi connectivity index (χ1n) is 13.1. The highest BCUT2D eigenvalue weighted by Crippen LogP contribution is 2.50. The van der Waals surface area contributed by atoms with Gasteiger partial charge in [0.15, 0.2) is 0 Å². The minimum Gasteiger partial charge on any atom is -0.383 e. The molecule has 1 aliphatic carbocycles. The fourth-order valence-electron chi connectivity index (χ4n) is 4.84. The molecule has 1 aromatic carbocycles. The van der Waals surface area contributed by atoms with Gasteiger partial charge in [0.05, 0.1) is 38.0 Å². The molecule has 1 fully saturated rings. The number of nitriles is 1. The van der Waals surface area contributed by atoms with Gasteiger partial charge in [-0.2, -0.15) is 14.0 Å². The summed E-state index contributed by atoms with van der Waals surface area (Å²) in [5.74, 6) is -1.66. The first-order valence-corrected chi connectivity index (χ1v) is 14.3. The molecule has 42 heavy (non-hydrogen) atoms. The van der Waals surface area contributed by atoms with Gasteiger partial charge in [0.2, 0.25) is 11.9 Å². The molecular formula is C28H28BrClF4N8. The van der Waals surface area contributed by atoms with Crippen LogP contribution >= 0.6 is 27.5 Å². The smallest absolute Gasteiger partial charge is 0.263 e. The summed E-state index contributed by atoms with van der Waals surface area (Å²) < 4.78 is 58.1. The van der Waals surface area contributed by atoms with Crippen molar-refractivity contribution in [2.45, 2.75) is 58.5 Å². The van der Waals surface area contributed by atoms with Crippen LogP contribution in [-0.4, -0.2) is 33.5 Å². The lowest BCUT2D eigenvalue weighted by atomic mass is 9.96. The van der Waals surface area contributed by atoms with Gasteiger partial charge < -0.3 is 16.1 Å². The summed E-state index contributed by atoms with van der Waals surface area (Å²) in [5, 5.41) is 18.0. The monoisotopic (exact) mass is 666 g/mol. The lowest BCUT2D eigenvalue weighted by molar-refractivity contribution is -0.00954. The fraction of sp³-hybridized carbons (Fsp3) is 0.393. The quantitative estimate of drug-likeness (QED) is 0.113. The normalized spacial score (nSPS) is 17.0. The predicted molar refractivity (Wildman–Crippen MR) is 157 cm³/mol. The van der Waals surface area contributed by atoms with Crippen molar-refractivity contribution in [2.75, 3.05) is 17.2 Å². The second-order valence-electron chi connectivity index (χ2n) is 11.6. The van der Waals surface area contributed by atoms with Crippen LogP contribution in [0, 0.1) is 29.6 Å². The van der Waals surface area contributed by atoms with Crippen molar-refractivity contribution >= 4 is 49.8 Å². The summed E-state index contributed by atoms with van der Waals surface area (Å²) in [6.45, 7) is 8.22. The lowest BCUT2D eigenvalue weighted by Gasteiger charge is -2.26. The van der Waals surface area contributed by atoms with Gasteiger partial charge in [-0.15, -0.1) is 5.53 Å². The van der Waals surface area contributed by atoms with E-state index in [4.69, 9.17) is 11.6 Å². The number of nitrogens with one attached hydrogen (secondary N) is 4. The molecule has 14 heteroatoms. The summed E-state index contributed by atoms with van der Waals surface area (Å²) in [4.78, 5) is 8.28. The second kappa shape index (κ2) is 11.1. The number of nitrogens with zero attached hydrogens (tertiary/aromatic N) is 4. The molecule has 2 aliphatic rings. The van der Waals surface area contributed by atoms with Gasteiger partial charge in [-0.25, -0.2) is 13.8 Å². The molecule has 0 spiro atoms. The predicted octanol–water partition coefficient (Wildman–Crippen LogP) is 7.24. The zero-order valence-electron chi connectivity index (χ0n) is 23.1. The Bertz CT molecular complexity index is 1630. The standard InChI is InChI=1S/C28H28BrClF4N8/c1-13-15(5-6-18(31)38-13)22(24-25(32)42(41-40-24)28(7-8-28)26(33)34)39-17-9-16(30)23-19(20(17)29)21(14(10-35)11-36-23)37-12-27(2,3)4/h5-6,9,11,22,26,39-41H,7-8,12H2,1-4H3,(H,36,37)/t22-/m0/s1. The molecule has 0 unspecified atom stereocenters. The van der Waals surface area contributed by atoms with E-state index >= 15 is 4.39 Å². The maximum Gasteiger partial charge on any atom is 0.263 e. The van der Waals surface area contributed by atoms with E-state index in [1.807, 2.05) is 20.8 Å². The third-order valence-corrected chi connectivity index (χ3v) is 8.39. The van der Waals surface area contributed by atoms with Gasteiger partial charge in [-0.05, 0) is 53.2 Å². The Morgan fingerprint density at radius 3 is 2.57 bits per heavy atom. The van der Waals surface area contributed by atoms with Gasteiger partial charge >= 0.3 is 0 Å². The minimum absolute atomic E-state index is 0.100. The van der Waals surface area contributed by atoms with Crippen molar-refractivity contribution in [2.24, 2.45) is 5.41 Å². The number of aromatic nitrogens is 2. The minimum atomic E-state index is -2.79. The molecule has 4 N–H and O–H groups in total. The van der Waals surface area contributed by atoms with Crippen molar-refractivity contribution in [1.82, 2.24) is 25.9 Å². The van der Waals surface area contributed by atoms with Crippen LogP contribution in [-0.2, 0) is 0 Å². The third-order valence-electron chi connectivity index (χ3n) is 7.28. The Kier molecular flexibility index (Phi) is 7.93. The van der Waals surface area contributed by atoms with Crippen molar-refractivity contribution in [3.05, 3.63) is 68.3 Å². The van der Waals surface area contributed by atoms with Gasteiger partial charge in [-0.3, -0.25) is 9.99 Å². The summed E-state index contributed by atoms with van der Waals surface area (Å²) >= 11 is 10.3. The fourth-order valence-corrected chi connectivity index (χ4v) is 5.70. The van der Waals surface area contributed by atoms with Crippen LogP contribution in [0.4, 0.5) is 28.9 Å². The summed E-state index contributed by atoms with van der Waals surface area (Å²) in [7, 11) is 0. The topological polar surface area (TPSA) is 101 Å². The largest absolute Gasteiger partial charge is 0.383 e. The zero-order chi connectivity index (χ0) is 30.6. The zero-order valence-corrected chi connectivity index (χ0v) is 25.5. The first-order chi connectivity index (χ1) is 19.8. The van der Waals surface area contributed by atoms with Crippen molar-refractivity contribution in [3.63, 3.8) is 0 Å². The molecule has 0 amide bonds. The van der Waals surface area contributed by atoms with Crippen molar-refractivity contribution in [1.29, 1.82) is 5.26 Å². The average molecular weight is 668 g/mol. The molecule has 0 radical (unpaired) electrons. The molecule has 3 heterocycles. The highest BCUT2D eigenvalue weighted by molar-refractivity contribution is 9.10. The Balaban J connectivity index is 1.66. The highest BCUT2D eigenvalue weighted by Gasteiger charge is 2.59. The molecule has 0 saturated heterocycles. The summed E-state index contributed by atoms with van der Waals surface area (Å²) in [6.07, 6.45) is -1.12. The third kappa shape index (κ3) is 5.43. The van der Waals surface area contributed by atoms with E-state index in [2.05, 4.69) is 53.6 Å². The van der Waals surface area contributed by atoms with E-state index < -0.39 is 29.9 Å². The average Bonchev–Trinajstić information content (AvgIpc) is 3.64. The molecule has 3 aromatic rings. The maximum atomic E-state index is 15.9. The molecular weight excluding hydrogens is 640 g/mol.